The van der Waals surface area contributed by atoms with Gasteiger partial charge in [0.25, 0.3) is 5.56 Å². The van der Waals surface area contributed by atoms with Gasteiger partial charge in [-0.05, 0) is 29.7 Å². The molecule has 2 heterocycles. The van der Waals surface area contributed by atoms with Gasteiger partial charge in [-0.3, -0.25) is 4.79 Å². The van der Waals surface area contributed by atoms with Gasteiger partial charge in [0.15, 0.2) is 0 Å². The van der Waals surface area contributed by atoms with Gasteiger partial charge in [0, 0.05) is 13.1 Å². The number of rotatable bonds is 3. The van der Waals surface area contributed by atoms with E-state index < -0.39 is 0 Å². The standard InChI is InChI=1S/C21H18ClN3O/c22-20-19(15-23-25(21(20)26)18-9-5-2-6-10-18)24-13-11-17(12-14-24)16-7-3-1-4-8-16/h1-11,15H,12-14H2. The summed E-state index contributed by atoms with van der Waals surface area (Å²) in [7, 11) is 0. The Morgan fingerprint density at radius 3 is 2.31 bits per heavy atom. The van der Waals surface area contributed by atoms with Gasteiger partial charge < -0.3 is 4.90 Å². The fraction of sp³-hybridized carbons (Fsp3) is 0.143. The SMILES string of the molecule is O=c1c(Cl)c(N2CC=C(c3ccccc3)CC2)cnn1-c1ccccc1. The zero-order chi connectivity index (χ0) is 17.9. The molecule has 0 bridgehead atoms. The van der Waals surface area contributed by atoms with E-state index >= 15 is 0 Å². The fourth-order valence-corrected chi connectivity index (χ4v) is 3.45. The van der Waals surface area contributed by atoms with Crippen LogP contribution in [-0.4, -0.2) is 22.9 Å². The van der Waals surface area contributed by atoms with Gasteiger partial charge in [-0.15, -0.1) is 0 Å². The number of nitrogens with zero attached hydrogens (tertiary/aromatic N) is 3. The predicted molar refractivity (Wildman–Crippen MR) is 106 cm³/mol. The molecule has 4 rings (SSSR count). The summed E-state index contributed by atoms with van der Waals surface area (Å²) in [6, 6.07) is 19.7. The molecule has 0 saturated heterocycles. The summed E-state index contributed by atoms with van der Waals surface area (Å²) in [5.74, 6) is 0. The van der Waals surface area contributed by atoms with E-state index in [1.165, 1.54) is 15.8 Å². The van der Waals surface area contributed by atoms with E-state index in [0.29, 0.717) is 17.9 Å². The lowest BCUT2D eigenvalue weighted by molar-refractivity contribution is 0.779. The number of hydrogen-bond acceptors (Lipinski definition) is 3. The molecule has 0 spiro atoms. The third-order valence-electron chi connectivity index (χ3n) is 4.60. The highest BCUT2D eigenvalue weighted by Gasteiger charge is 2.19. The Bertz CT molecular complexity index is 997. The lowest BCUT2D eigenvalue weighted by atomic mass is 9.99. The molecule has 26 heavy (non-hydrogen) atoms. The van der Waals surface area contributed by atoms with Crippen LogP contribution < -0.4 is 10.5 Å². The van der Waals surface area contributed by atoms with Crippen LogP contribution in [0.5, 0.6) is 0 Å². The van der Waals surface area contributed by atoms with Crippen molar-refractivity contribution in [3.05, 3.63) is 93.9 Å². The van der Waals surface area contributed by atoms with Crippen molar-refractivity contribution in [2.45, 2.75) is 6.42 Å². The molecule has 0 fully saturated rings. The molecule has 3 aromatic rings. The second-order valence-corrected chi connectivity index (χ2v) is 6.57. The molecule has 1 aliphatic heterocycles. The molecule has 1 aromatic heterocycles. The summed E-state index contributed by atoms with van der Waals surface area (Å²) in [5.41, 5.74) is 3.66. The molecular weight excluding hydrogens is 346 g/mol. The summed E-state index contributed by atoms with van der Waals surface area (Å²) in [4.78, 5) is 14.7. The van der Waals surface area contributed by atoms with Crippen molar-refractivity contribution in [1.82, 2.24) is 9.78 Å². The van der Waals surface area contributed by atoms with Crippen molar-refractivity contribution in [3.63, 3.8) is 0 Å². The highest BCUT2D eigenvalue weighted by molar-refractivity contribution is 6.33. The molecule has 0 saturated carbocycles. The van der Waals surface area contributed by atoms with Crippen LogP contribution in [0.1, 0.15) is 12.0 Å². The molecule has 0 atom stereocenters. The smallest absolute Gasteiger partial charge is 0.292 e. The van der Waals surface area contributed by atoms with Crippen LogP contribution in [0, 0.1) is 0 Å². The molecule has 2 aromatic carbocycles. The molecule has 5 heteroatoms. The molecule has 0 amide bonds. The molecule has 1 aliphatic rings. The van der Waals surface area contributed by atoms with Crippen LogP contribution in [0.3, 0.4) is 0 Å². The van der Waals surface area contributed by atoms with E-state index in [-0.39, 0.29) is 10.6 Å². The fourth-order valence-electron chi connectivity index (χ4n) is 3.20. The lowest BCUT2D eigenvalue weighted by Crippen LogP contribution is -2.31. The zero-order valence-electron chi connectivity index (χ0n) is 14.2. The second kappa shape index (κ2) is 7.18. The topological polar surface area (TPSA) is 38.1 Å². The third kappa shape index (κ3) is 3.16. The van der Waals surface area contributed by atoms with Crippen LogP contribution in [-0.2, 0) is 0 Å². The minimum Gasteiger partial charge on any atom is -0.365 e. The molecule has 4 nitrogen and oxygen atoms in total. The van der Waals surface area contributed by atoms with Crippen molar-refractivity contribution in [1.29, 1.82) is 0 Å². The van der Waals surface area contributed by atoms with E-state index in [0.717, 1.165) is 13.0 Å². The van der Waals surface area contributed by atoms with Gasteiger partial charge in [-0.2, -0.15) is 9.78 Å². The third-order valence-corrected chi connectivity index (χ3v) is 4.95. The molecule has 0 aliphatic carbocycles. The van der Waals surface area contributed by atoms with Gasteiger partial charge in [-0.25, -0.2) is 0 Å². The molecule has 0 N–H and O–H groups in total. The number of benzene rings is 2. The first kappa shape index (κ1) is 16.6. The maximum Gasteiger partial charge on any atom is 0.292 e. The number of anilines is 1. The van der Waals surface area contributed by atoms with Crippen LogP contribution in [0.4, 0.5) is 5.69 Å². The van der Waals surface area contributed by atoms with E-state index in [1.54, 1.807) is 6.20 Å². The summed E-state index contributed by atoms with van der Waals surface area (Å²) < 4.78 is 1.33. The maximum atomic E-state index is 12.6. The van der Waals surface area contributed by atoms with E-state index in [2.05, 4.69) is 28.2 Å². The minimum absolute atomic E-state index is 0.209. The Hall–Kier alpha value is -2.85. The highest BCUT2D eigenvalue weighted by Crippen LogP contribution is 2.28. The highest BCUT2D eigenvalue weighted by atomic mass is 35.5. The van der Waals surface area contributed by atoms with Gasteiger partial charge in [-0.1, -0.05) is 66.2 Å². The summed E-state index contributed by atoms with van der Waals surface area (Å²) >= 11 is 6.40. The average molecular weight is 364 g/mol. The van der Waals surface area contributed by atoms with Crippen molar-refractivity contribution < 1.29 is 0 Å². The number of para-hydroxylation sites is 1. The van der Waals surface area contributed by atoms with Crippen LogP contribution >= 0.6 is 11.6 Å². The Balaban J connectivity index is 1.61. The Labute approximate surface area is 157 Å². The van der Waals surface area contributed by atoms with Gasteiger partial charge in [0.2, 0.25) is 0 Å². The zero-order valence-corrected chi connectivity index (χ0v) is 14.9. The van der Waals surface area contributed by atoms with E-state index in [9.17, 15) is 4.79 Å². The van der Waals surface area contributed by atoms with Crippen molar-refractivity contribution >= 4 is 22.9 Å². The minimum atomic E-state index is -0.298. The van der Waals surface area contributed by atoms with E-state index in [4.69, 9.17) is 11.6 Å². The summed E-state index contributed by atoms with van der Waals surface area (Å²) in [6.07, 6.45) is 4.78. The number of halogens is 1. The van der Waals surface area contributed by atoms with Crippen LogP contribution in [0.2, 0.25) is 5.02 Å². The average Bonchev–Trinajstić information content (AvgIpc) is 2.71. The maximum absolute atomic E-state index is 12.6. The summed E-state index contributed by atoms with van der Waals surface area (Å²) in [6.45, 7) is 1.51. The van der Waals surface area contributed by atoms with E-state index in [1.807, 2.05) is 48.5 Å². The van der Waals surface area contributed by atoms with Gasteiger partial charge >= 0.3 is 0 Å². The Kier molecular flexibility index (Phi) is 4.59. The Morgan fingerprint density at radius 1 is 0.962 bits per heavy atom. The monoisotopic (exact) mass is 363 g/mol. The quantitative estimate of drug-likeness (QED) is 0.700. The van der Waals surface area contributed by atoms with Crippen molar-refractivity contribution in [3.8, 4) is 5.69 Å². The molecular formula is C21H18ClN3O. The van der Waals surface area contributed by atoms with Crippen LogP contribution in [0.25, 0.3) is 11.3 Å². The molecule has 130 valence electrons. The first-order chi connectivity index (χ1) is 12.7. The first-order valence-electron chi connectivity index (χ1n) is 8.57. The Morgan fingerprint density at radius 2 is 1.65 bits per heavy atom. The largest absolute Gasteiger partial charge is 0.365 e. The molecule has 0 radical (unpaired) electrons. The summed E-state index contributed by atoms with van der Waals surface area (Å²) in [5, 5.41) is 4.53. The van der Waals surface area contributed by atoms with Gasteiger partial charge in [0.05, 0.1) is 17.6 Å². The normalized spacial score (nSPS) is 14.2. The second-order valence-electron chi connectivity index (χ2n) is 6.19. The predicted octanol–water partition coefficient (Wildman–Crippen LogP) is 4.18. The van der Waals surface area contributed by atoms with Crippen LogP contribution in [0.15, 0.2) is 77.7 Å². The number of hydrogen-bond donors (Lipinski definition) is 0. The molecule has 0 unspecified atom stereocenters. The van der Waals surface area contributed by atoms with Crippen molar-refractivity contribution in [2.24, 2.45) is 0 Å². The first-order valence-corrected chi connectivity index (χ1v) is 8.94. The lowest BCUT2D eigenvalue weighted by Gasteiger charge is -2.29. The number of aromatic nitrogens is 2. The van der Waals surface area contributed by atoms with Crippen molar-refractivity contribution in [2.75, 3.05) is 18.0 Å². The van der Waals surface area contributed by atoms with Gasteiger partial charge in [0.1, 0.15) is 5.02 Å².